The highest BCUT2D eigenvalue weighted by atomic mass is 16.5. The Bertz CT molecular complexity index is 388. The molecule has 0 saturated carbocycles. The molecule has 1 aliphatic heterocycles. The highest BCUT2D eigenvalue weighted by Crippen LogP contribution is 2.17. The van der Waals surface area contributed by atoms with Gasteiger partial charge in [-0.2, -0.15) is 0 Å². The molecule has 1 aromatic rings. The van der Waals surface area contributed by atoms with Crippen molar-refractivity contribution >= 4 is 12.6 Å². The molecule has 0 atom stereocenters. The maximum Gasteiger partial charge on any atom is 0.495 e. The van der Waals surface area contributed by atoms with Crippen molar-refractivity contribution in [2.75, 3.05) is 6.73 Å². The van der Waals surface area contributed by atoms with Crippen LogP contribution in [0.25, 0.3) is 4.85 Å². The Morgan fingerprint density at radius 2 is 2.50 bits per heavy atom. The Morgan fingerprint density at radius 1 is 1.64 bits per heavy atom. The molecule has 0 aliphatic carbocycles. The van der Waals surface area contributed by atoms with Gasteiger partial charge < -0.3 is 14.4 Å². The average molecular weight is 189 g/mol. The van der Waals surface area contributed by atoms with Gasteiger partial charge in [-0.15, -0.1) is 0 Å². The van der Waals surface area contributed by atoms with E-state index in [1.807, 2.05) is 12.1 Å². The maximum atomic E-state index is 9.48. The summed E-state index contributed by atoms with van der Waals surface area (Å²) in [7, 11) is -0.924. The monoisotopic (exact) mass is 189 g/mol. The van der Waals surface area contributed by atoms with Crippen molar-refractivity contribution in [1.29, 1.82) is 0 Å². The molecular formula is C9H8BNO3. The second kappa shape index (κ2) is 3.70. The Labute approximate surface area is 82.0 Å². The van der Waals surface area contributed by atoms with E-state index in [2.05, 4.69) is 4.85 Å². The molecule has 1 aliphatic rings. The van der Waals surface area contributed by atoms with Crippen LogP contribution in [0.1, 0.15) is 5.56 Å². The second-order valence-electron chi connectivity index (χ2n) is 2.92. The summed E-state index contributed by atoms with van der Waals surface area (Å²) in [5.74, 6) is 0.531. The number of benzene rings is 1. The summed E-state index contributed by atoms with van der Waals surface area (Å²) < 4.78 is 10.2. The Morgan fingerprint density at radius 3 is 3.29 bits per heavy atom. The first kappa shape index (κ1) is 9.07. The van der Waals surface area contributed by atoms with Gasteiger partial charge in [0.25, 0.3) is 0 Å². The molecule has 1 heterocycles. The van der Waals surface area contributed by atoms with Crippen molar-refractivity contribution in [2.24, 2.45) is 0 Å². The number of hydrogen-bond acceptors (Lipinski definition) is 3. The quantitative estimate of drug-likeness (QED) is 0.532. The standard InChI is InChI=1S/C9H8BNO3/c1-11-6-13-8-4-2-3-7-5-14-10(12)9(7)8/h2-4,12H,5-6H2. The minimum absolute atomic E-state index is 0.0385. The zero-order valence-electron chi connectivity index (χ0n) is 7.43. The molecule has 0 unspecified atom stereocenters. The summed E-state index contributed by atoms with van der Waals surface area (Å²) in [6, 6.07) is 5.41. The molecule has 0 amide bonds. The van der Waals surface area contributed by atoms with Crippen molar-refractivity contribution in [3.8, 4) is 5.75 Å². The molecule has 70 valence electrons. The van der Waals surface area contributed by atoms with Gasteiger partial charge in [0.1, 0.15) is 5.75 Å². The lowest BCUT2D eigenvalue weighted by molar-refractivity contribution is 0.275. The lowest BCUT2D eigenvalue weighted by atomic mass is 9.79. The minimum atomic E-state index is -0.924. The summed E-state index contributed by atoms with van der Waals surface area (Å²) in [6.07, 6.45) is 0. The zero-order chi connectivity index (χ0) is 9.97. The minimum Gasteiger partial charge on any atom is -0.426 e. The molecule has 4 nitrogen and oxygen atoms in total. The van der Waals surface area contributed by atoms with Crippen LogP contribution in [0.2, 0.25) is 0 Å². The summed E-state index contributed by atoms with van der Waals surface area (Å²) >= 11 is 0. The Hall–Kier alpha value is -1.51. The first-order valence-electron chi connectivity index (χ1n) is 4.20. The Kier molecular flexibility index (Phi) is 2.40. The van der Waals surface area contributed by atoms with E-state index >= 15 is 0 Å². The molecule has 5 heteroatoms. The molecule has 0 saturated heterocycles. The first-order valence-corrected chi connectivity index (χ1v) is 4.20. The van der Waals surface area contributed by atoms with Crippen LogP contribution in [0.3, 0.4) is 0 Å². The van der Waals surface area contributed by atoms with Crippen LogP contribution < -0.4 is 10.2 Å². The van der Waals surface area contributed by atoms with E-state index in [1.54, 1.807) is 6.07 Å². The van der Waals surface area contributed by atoms with Crippen LogP contribution in [0.15, 0.2) is 18.2 Å². The zero-order valence-corrected chi connectivity index (χ0v) is 7.43. The molecule has 0 radical (unpaired) electrons. The van der Waals surface area contributed by atoms with Gasteiger partial charge in [0.05, 0.1) is 6.61 Å². The third-order valence-corrected chi connectivity index (χ3v) is 2.08. The van der Waals surface area contributed by atoms with Gasteiger partial charge in [0.15, 0.2) is 0 Å². The van der Waals surface area contributed by atoms with E-state index < -0.39 is 7.12 Å². The summed E-state index contributed by atoms with van der Waals surface area (Å²) in [5.41, 5.74) is 1.57. The van der Waals surface area contributed by atoms with Gasteiger partial charge >= 0.3 is 13.8 Å². The Balaban J connectivity index is 2.33. The van der Waals surface area contributed by atoms with Crippen molar-refractivity contribution in [3.05, 3.63) is 35.2 Å². The van der Waals surface area contributed by atoms with Gasteiger partial charge in [-0.1, -0.05) is 12.1 Å². The van der Waals surface area contributed by atoms with E-state index in [0.29, 0.717) is 17.8 Å². The number of fused-ring (bicyclic) bond motifs is 1. The number of hydrogen-bond donors (Lipinski definition) is 1. The average Bonchev–Trinajstić information content (AvgIpc) is 2.58. The number of ether oxygens (including phenoxy) is 1. The van der Waals surface area contributed by atoms with E-state index in [1.165, 1.54) is 0 Å². The fraction of sp³-hybridized carbons (Fsp3) is 0.222. The van der Waals surface area contributed by atoms with Crippen molar-refractivity contribution in [1.82, 2.24) is 0 Å². The topological polar surface area (TPSA) is 43.0 Å². The van der Waals surface area contributed by atoms with Crippen molar-refractivity contribution in [3.63, 3.8) is 0 Å². The van der Waals surface area contributed by atoms with E-state index in [4.69, 9.17) is 16.0 Å². The molecule has 14 heavy (non-hydrogen) atoms. The molecule has 0 aromatic heterocycles. The van der Waals surface area contributed by atoms with E-state index in [-0.39, 0.29) is 6.73 Å². The molecule has 1 N–H and O–H groups in total. The third-order valence-electron chi connectivity index (χ3n) is 2.08. The lowest BCUT2D eigenvalue weighted by Gasteiger charge is -2.05. The lowest BCUT2D eigenvalue weighted by Crippen LogP contribution is -2.29. The molecule has 1 aromatic carbocycles. The summed E-state index contributed by atoms with van der Waals surface area (Å²) in [6.45, 7) is 6.96. The van der Waals surface area contributed by atoms with Gasteiger partial charge in [-0.25, -0.2) is 6.57 Å². The third kappa shape index (κ3) is 1.46. The summed E-state index contributed by atoms with van der Waals surface area (Å²) in [4.78, 5) is 3.09. The van der Waals surface area contributed by atoms with Crippen molar-refractivity contribution < 1.29 is 14.4 Å². The fourth-order valence-electron chi connectivity index (χ4n) is 1.48. The first-order chi connectivity index (χ1) is 6.83. The van der Waals surface area contributed by atoms with Gasteiger partial charge in [0, 0.05) is 5.46 Å². The van der Waals surface area contributed by atoms with E-state index in [9.17, 15) is 5.02 Å². The van der Waals surface area contributed by atoms with Crippen LogP contribution in [-0.4, -0.2) is 18.9 Å². The predicted molar refractivity (Wildman–Crippen MR) is 50.9 cm³/mol. The molecule has 0 bridgehead atoms. The second-order valence-corrected chi connectivity index (χ2v) is 2.92. The predicted octanol–water partition coefficient (Wildman–Crippen LogP) is 0.160. The van der Waals surface area contributed by atoms with Crippen LogP contribution in [0.4, 0.5) is 0 Å². The fourth-order valence-corrected chi connectivity index (χ4v) is 1.48. The smallest absolute Gasteiger partial charge is 0.426 e. The van der Waals surface area contributed by atoms with Gasteiger partial charge in [-0.05, 0) is 11.6 Å². The largest absolute Gasteiger partial charge is 0.495 e. The number of nitrogens with zero attached hydrogens (tertiary/aromatic N) is 1. The number of rotatable bonds is 2. The van der Waals surface area contributed by atoms with Gasteiger partial charge in [-0.3, -0.25) is 4.85 Å². The highest BCUT2D eigenvalue weighted by Gasteiger charge is 2.30. The maximum absolute atomic E-state index is 9.48. The molecule has 2 rings (SSSR count). The SMILES string of the molecule is [C-]#[N+]COc1cccc2c1B(O)OC2. The van der Waals surface area contributed by atoms with Crippen LogP contribution >= 0.6 is 0 Å². The van der Waals surface area contributed by atoms with Crippen LogP contribution in [0.5, 0.6) is 5.75 Å². The molecular weight excluding hydrogens is 181 g/mol. The normalized spacial score (nSPS) is 13.6. The van der Waals surface area contributed by atoms with Gasteiger partial charge in [0.2, 0.25) is 0 Å². The van der Waals surface area contributed by atoms with Crippen molar-refractivity contribution in [2.45, 2.75) is 6.61 Å². The van der Waals surface area contributed by atoms with Crippen LogP contribution in [-0.2, 0) is 11.3 Å². The summed E-state index contributed by atoms with van der Waals surface area (Å²) in [5, 5.41) is 9.48. The van der Waals surface area contributed by atoms with E-state index in [0.717, 1.165) is 5.56 Å². The molecule has 0 fully saturated rings. The van der Waals surface area contributed by atoms with Crippen LogP contribution in [0, 0.1) is 6.57 Å². The highest BCUT2D eigenvalue weighted by molar-refractivity contribution is 6.62. The molecule has 0 spiro atoms.